The molecule has 194 valence electrons. The molecule has 1 aliphatic heterocycles. The van der Waals surface area contributed by atoms with Crippen LogP contribution >= 0.6 is 0 Å². The number of benzene rings is 2. The van der Waals surface area contributed by atoms with Crippen LogP contribution in [-0.4, -0.2) is 42.4 Å². The van der Waals surface area contributed by atoms with Gasteiger partial charge in [0.2, 0.25) is 11.8 Å². The molecular formula is C24H22F7N3O2. The number of piperidine rings is 1. The van der Waals surface area contributed by atoms with Gasteiger partial charge in [0, 0.05) is 24.9 Å². The summed E-state index contributed by atoms with van der Waals surface area (Å²) in [6, 6.07) is 5.99. The zero-order valence-corrected chi connectivity index (χ0v) is 18.9. The van der Waals surface area contributed by atoms with Crippen molar-refractivity contribution in [3.63, 3.8) is 0 Å². The highest BCUT2D eigenvalue weighted by atomic mass is 19.4. The Morgan fingerprint density at radius 1 is 0.917 bits per heavy atom. The lowest BCUT2D eigenvalue weighted by Gasteiger charge is -2.39. The fourth-order valence-electron chi connectivity index (χ4n) is 3.71. The fourth-order valence-corrected chi connectivity index (χ4v) is 3.71. The smallest absolute Gasteiger partial charge is 0.338 e. The van der Waals surface area contributed by atoms with Gasteiger partial charge in [-0.3, -0.25) is 9.59 Å². The van der Waals surface area contributed by atoms with Crippen molar-refractivity contribution in [1.82, 2.24) is 10.2 Å². The molecule has 5 nitrogen and oxygen atoms in total. The van der Waals surface area contributed by atoms with Crippen molar-refractivity contribution >= 4 is 23.6 Å². The first kappa shape index (κ1) is 27.2. The van der Waals surface area contributed by atoms with Crippen molar-refractivity contribution in [2.24, 2.45) is 0 Å². The lowest BCUT2D eigenvalue weighted by molar-refractivity contribution is -0.143. The maximum atomic E-state index is 13.2. The topological polar surface area (TPSA) is 61.4 Å². The first-order valence-corrected chi connectivity index (χ1v) is 10.7. The molecule has 36 heavy (non-hydrogen) atoms. The average molecular weight is 517 g/mol. The monoisotopic (exact) mass is 517 g/mol. The molecule has 3 rings (SSSR count). The molecule has 2 N–H and O–H groups in total. The molecule has 0 bridgehead atoms. The van der Waals surface area contributed by atoms with E-state index in [-0.39, 0.29) is 18.9 Å². The van der Waals surface area contributed by atoms with Crippen LogP contribution in [0.1, 0.15) is 29.5 Å². The van der Waals surface area contributed by atoms with Crippen molar-refractivity contribution in [1.29, 1.82) is 0 Å². The van der Waals surface area contributed by atoms with E-state index in [4.69, 9.17) is 0 Å². The van der Waals surface area contributed by atoms with Gasteiger partial charge in [-0.25, -0.2) is 4.39 Å². The van der Waals surface area contributed by atoms with Crippen molar-refractivity contribution in [2.75, 3.05) is 25.5 Å². The van der Waals surface area contributed by atoms with Crippen LogP contribution in [0.15, 0.2) is 48.5 Å². The van der Waals surface area contributed by atoms with Gasteiger partial charge in [0.1, 0.15) is 11.4 Å². The summed E-state index contributed by atoms with van der Waals surface area (Å²) in [7, 11) is 1.76. The third-order valence-corrected chi connectivity index (χ3v) is 5.78. The minimum atomic E-state index is -5.08. The quantitative estimate of drug-likeness (QED) is 0.429. The third kappa shape index (κ3) is 6.84. The van der Waals surface area contributed by atoms with Crippen LogP contribution in [0.5, 0.6) is 0 Å². The van der Waals surface area contributed by atoms with Gasteiger partial charge < -0.3 is 15.5 Å². The highest BCUT2D eigenvalue weighted by molar-refractivity contribution is 6.03. The normalized spacial score (nSPS) is 16.7. The van der Waals surface area contributed by atoms with E-state index in [1.807, 2.05) is 4.90 Å². The largest absolute Gasteiger partial charge is 0.416 e. The maximum absolute atomic E-state index is 13.2. The predicted molar refractivity (Wildman–Crippen MR) is 118 cm³/mol. The van der Waals surface area contributed by atoms with Gasteiger partial charge in [-0.2, -0.15) is 26.3 Å². The van der Waals surface area contributed by atoms with Gasteiger partial charge in [0.15, 0.2) is 0 Å². The Bertz CT molecular complexity index is 1100. The van der Waals surface area contributed by atoms with Gasteiger partial charge in [-0.05, 0) is 61.9 Å². The number of hydrogen-bond acceptors (Lipinski definition) is 3. The first-order valence-electron chi connectivity index (χ1n) is 10.7. The minimum absolute atomic E-state index is 0.0387. The molecular weight excluding hydrogens is 495 g/mol. The molecule has 0 radical (unpaired) electrons. The number of rotatable bonds is 5. The predicted octanol–water partition coefficient (Wildman–Crippen LogP) is 5.10. The van der Waals surface area contributed by atoms with Crippen molar-refractivity contribution in [2.45, 2.75) is 30.7 Å². The summed E-state index contributed by atoms with van der Waals surface area (Å²) in [6.07, 6.45) is -7.55. The van der Waals surface area contributed by atoms with E-state index in [9.17, 15) is 40.3 Å². The Morgan fingerprint density at radius 2 is 1.44 bits per heavy atom. The molecule has 2 aromatic carbocycles. The SMILES string of the molecule is CN1CCC(NC(=O)C=Cc2ccc(F)cc2)(C(=O)Nc2cc(C(F)(F)F)cc(C(F)(F)F)c2)CC1. The summed E-state index contributed by atoms with van der Waals surface area (Å²) in [5, 5.41) is 4.70. The third-order valence-electron chi connectivity index (χ3n) is 5.78. The van der Waals surface area contributed by atoms with E-state index >= 15 is 0 Å². The van der Waals surface area contributed by atoms with Gasteiger partial charge >= 0.3 is 12.4 Å². The molecule has 0 aliphatic carbocycles. The molecule has 12 heteroatoms. The number of nitrogens with one attached hydrogen (secondary N) is 2. The highest BCUT2D eigenvalue weighted by Gasteiger charge is 2.43. The Balaban J connectivity index is 1.87. The van der Waals surface area contributed by atoms with E-state index in [0.29, 0.717) is 30.8 Å². The van der Waals surface area contributed by atoms with Crippen LogP contribution in [0.2, 0.25) is 0 Å². The molecule has 2 amide bonds. The van der Waals surface area contributed by atoms with E-state index in [2.05, 4.69) is 10.6 Å². The molecule has 1 aliphatic rings. The van der Waals surface area contributed by atoms with E-state index in [1.165, 1.54) is 30.3 Å². The lowest BCUT2D eigenvalue weighted by Crippen LogP contribution is -2.61. The molecule has 0 spiro atoms. The molecule has 0 unspecified atom stereocenters. The van der Waals surface area contributed by atoms with E-state index in [0.717, 1.165) is 6.08 Å². The van der Waals surface area contributed by atoms with Crippen LogP contribution in [0, 0.1) is 5.82 Å². The second-order valence-electron chi connectivity index (χ2n) is 8.51. The van der Waals surface area contributed by atoms with Crippen LogP contribution in [0.4, 0.5) is 36.4 Å². The Morgan fingerprint density at radius 3 is 1.94 bits per heavy atom. The number of hydrogen-bond donors (Lipinski definition) is 2. The molecule has 1 heterocycles. The molecule has 1 fully saturated rings. The molecule has 0 atom stereocenters. The maximum Gasteiger partial charge on any atom is 0.416 e. The molecule has 0 saturated carbocycles. The number of nitrogens with zero attached hydrogens (tertiary/aromatic N) is 1. The zero-order chi connectivity index (χ0) is 26.7. The standard InChI is InChI=1S/C24H22F7N3O2/c1-34-10-8-22(9-11-34,33-20(35)7-4-15-2-5-18(25)6-3-15)21(36)32-19-13-16(23(26,27)28)12-17(14-19)24(29,30)31/h2-7,12-14H,8-11H2,1H3,(H,32,36)(H,33,35). The number of amides is 2. The van der Waals surface area contributed by atoms with Crippen molar-refractivity contribution in [3.05, 3.63) is 71.0 Å². The van der Waals surface area contributed by atoms with Gasteiger partial charge in [-0.15, -0.1) is 0 Å². The highest BCUT2D eigenvalue weighted by Crippen LogP contribution is 2.38. The molecule has 2 aromatic rings. The summed E-state index contributed by atoms with van der Waals surface area (Å²) >= 11 is 0. The van der Waals surface area contributed by atoms with Crippen LogP contribution in [-0.2, 0) is 21.9 Å². The Labute approximate surface area is 202 Å². The van der Waals surface area contributed by atoms with Crippen molar-refractivity contribution < 1.29 is 40.3 Å². The van der Waals surface area contributed by atoms with Gasteiger partial charge in [0.25, 0.3) is 0 Å². The Kier molecular flexibility index (Phi) is 7.77. The number of alkyl halides is 6. The van der Waals surface area contributed by atoms with Crippen LogP contribution in [0.3, 0.4) is 0 Å². The molecule has 1 saturated heterocycles. The first-order chi connectivity index (χ1) is 16.7. The summed E-state index contributed by atoms with van der Waals surface area (Å²) in [4.78, 5) is 27.7. The number of halogens is 7. The van der Waals surface area contributed by atoms with Crippen molar-refractivity contribution in [3.8, 4) is 0 Å². The zero-order valence-electron chi connectivity index (χ0n) is 18.9. The summed E-state index contributed by atoms with van der Waals surface area (Å²) in [6.45, 7) is 0.678. The Hall–Kier alpha value is -3.41. The van der Waals surface area contributed by atoms with Crippen LogP contribution in [0.25, 0.3) is 6.08 Å². The second kappa shape index (κ2) is 10.3. The number of anilines is 1. The number of likely N-dealkylation sites (tertiary alicyclic amines) is 1. The van der Waals surface area contributed by atoms with Gasteiger partial charge in [0.05, 0.1) is 11.1 Å². The summed E-state index contributed by atoms with van der Waals surface area (Å²) in [5.41, 5.74) is -4.93. The number of carbonyl (C=O) groups excluding carboxylic acids is 2. The van der Waals surface area contributed by atoms with Crippen LogP contribution < -0.4 is 10.6 Å². The number of carbonyl (C=O) groups is 2. The van der Waals surface area contributed by atoms with E-state index in [1.54, 1.807) is 7.05 Å². The van der Waals surface area contributed by atoms with Gasteiger partial charge in [-0.1, -0.05) is 12.1 Å². The minimum Gasteiger partial charge on any atom is -0.338 e. The lowest BCUT2D eigenvalue weighted by atomic mass is 9.86. The summed E-state index contributed by atoms with van der Waals surface area (Å²) in [5.74, 6) is -2.12. The summed E-state index contributed by atoms with van der Waals surface area (Å²) < 4.78 is 92.2. The fraction of sp³-hybridized carbons (Fsp3) is 0.333. The second-order valence-corrected chi connectivity index (χ2v) is 8.51. The van der Waals surface area contributed by atoms with E-state index < -0.39 is 52.3 Å². The molecule has 0 aromatic heterocycles. The average Bonchev–Trinajstić information content (AvgIpc) is 2.79.